The summed E-state index contributed by atoms with van der Waals surface area (Å²) in [5, 5.41) is 29.8. The van der Waals surface area contributed by atoms with Gasteiger partial charge in [0.25, 0.3) is 0 Å². The molecule has 0 unspecified atom stereocenters. The molecule has 1 aliphatic rings. The van der Waals surface area contributed by atoms with E-state index in [0.29, 0.717) is 28.4 Å². The number of aromatic amines is 1. The maximum Gasteiger partial charge on any atom is 0.417 e. The molecule has 10 nitrogen and oxygen atoms in total. The molecule has 3 aromatic heterocycles. The van der Waals surface area contributed by atoms with Crippen LogP contribution in [0.4, 0.5) is 19.0 Å². The lowest BCUT2D eigenvalue weighted by Gasteiger charge is -2.35. The van der Waals surface area contributed by atoms with Gasteiger partial charge in [0.15, 0.2) is 11.3 Å². The highest BCUT2D eigenvalue weighted by molar-refractivity contribution is 7.89. The van der Waals surface area contributed by atoms with E-state index in [1.165, 1.54) is 22.5 Å². The van der Waals surface area contributed by atoms with Crippen LogP contribution in [0.25, 0.3) is 22.2 Å². The monoisotopic (exact) mass is 543 g/mol. The van der Waals surface area contributed by atoms with Gasteiger partial charge in [0, 0.05) is 31.0 Å². The predicted octanol–water partition coefficient (Wildman–Crippen LogP) is 3.15. The van der Waals surface area contributed by atoms with E-state index in [0.717, 1.165) is 6.07 Å². The van der Waals surface area contributed by atoms with Crippen LogP contribution < -0.4 is 5.32 Å². The molecule has 14 heteroatoms. The fraction of sp³-hybridized carbons (Fsp3) is 0.250. The fourth-order valence-electron chi connectivity index (χ4n) is 4.24. The largest absolute Gasteiger partial charge is 0.417 e. The van der Waals surface area contributed by atoms with Gasteiger partial charge in [-0.1, -0.05) is 12.1 Å². The summed E-state index contributed by atoms with van der Waals surface area (Å²) < 4.78 is 65.8. The van der Waals surface area contributed by atoms with E-state index in [-0.39, 0.29) is 35.9 Å². The smallest absolute Gasteiger partial charge is 0.390 e. The Morgan fingerprint density at radius 2 is 1.87 bits per heavy atom. The summed E-state index contributed by atoms with van der Waals surface area (Å²) in [5.74, 6) is 0.152. The minimum atomic E-state index is -4.51. The Labute approximate surface area is 214 Å². The van der Waals surface area contributed by atoms with E-state index in [1.54, 1.807) is 24.4 Å². The molecule has 0 amide bonds. The normalized spacial score (nSPS) is 18.8. The Morgan fingerprint density at radius 3 is 2.50 bits per heavy atom. The number of rotatable bonds is 5. The minimum absolute atomic E-state index is 0.0410. The van der Waals surface area contributed by atoms with E-state index in [9.17, 15) is 32.0 Å². The number of H-pyrrole nitrogens is 1. The van der Waals surface area contributed by atoms with Crippen molar-refractivity contribution in [1.82, 2.24) is 24.5 Å². The van der Waals surface area contributed by atoms with Crippen LogP contribution in [-0.2, 0) is 16.2 Å². The maximum absolute atomic E-state index is 13.2. The highest BCUT2D eigenvalue weighted by Gasteiger charge is 2.35. The van der Waals surface area contributed by atoms with Crippen molar-refractivity contribution in [2.75, 3.05) is 18.4 Å². The lowest BCUT2D eigenvalue weighted by atomic mass is 10.0. The molecular weight excluding hydrogens is 523 g/mol. The number of nitriles is 1. The number of aliphatic hydroxyl groups excluding tert-OH is 1. The van der Waals surface area contributed by atoms with Gasteiger partial charge in [0.05, 0.1) is 28.0 Å². The summed E-state index contributed by atoms with van der Waals surface area (Å²) in [6, 6.07) is 11.4. The molecule has 196 valence electrons. The number of piperidine rings is 1. The van der Waals surface area contributed by atoms with Gasteiger partial charge in [-0.15, -0.1) is 0 Å². The van der Waals surface area contributed by atoms with Crippen molar-refractivity contribution in [2.45, 2.75) is 29.6 Å². The summed E-state index contributed by atoms with van der Waals surface area (Å²) in [7, 11) is -3.92. The third-order valence-electron chi connectivity index (χ3n) is 6.32. The highest BCUT2D eigenvalue weighted by atomic mass is 32.2. The first-order valence-electron chi connectivity index (χ1n) is 11.4. The SMILES string of the molecule is N#Cc1n[nH]c2ncc(-c3ccc(S(=O)(=O)N4CC[C@@H](Nc5ccc(C(F)(F)F)cn5)[C@@H](O)C4)cc3)cc12. The predicted molar refractivity (Wildman–Crippen MR) is 130 cm³/mol. The summed E-state index contributed by atoms with van der Waals surface area (Å²) in [6.07, 6.45) is -3.11. The first-order valence-corrected chi connectivity index (χ1v) is 12.8. The number of fused-ring (bicyclic) bond motifs is 1. The van der Waals surface area contributed by atoms with E-state index < -0.39 is 33.9 Å². The summed E-state index contributed by atoms with van der Waals surface area (Å²) in [6.45, 7) is -0.0993. The molecule has 1 aliphatic heterocycles. The summed E-state index contributed by atoms with van der Waals surface area (Å²) in [4.78, 5) is 8.03. The van der Waals surface area contributed by atoms with Gasteiger partial charge in [-0.25, -0.2) is 18.4 Å². The van der Waals surface area contributed by atoms with Gasteiger partial charge >= 0.3 is 6.18 Å². The molecule has 4 aromatic rings. The molecule has 0 aliphatic carbocycles. The minimum Gasteiger partial charge on any atom is -0.390 e. The number of halogens is 3. The van der Waals surface area contributed by atoms with Crippen LogP contribution in [-0.4, -0.2) is 63.2 Å². The number of aromatic nitrogens is 4. The van der Waals surface area contributed by atoms with E-state index >= 15 is 0 Å². The number of anilines is 1. The zero-order chi connectivity index (χ0) is 27.1. The van der Waals surface area contributed by atoms with Gasteiger partial charge in [-0.3, -0.25) is 5.10 Å². The second kappa shape index (κ2) is 9.67. The summed E-state index contributed by atoms with van der Waals surface area (Å²) in [5.41, 5.74) is 1.16. The van der Waals surface area contributed by atoms with Gasteiger partial charge < -0.3 is 10.4 Å². The molecule has 0 radical (unpaired) electrons. The molecule has 1 saturated heterocycles. The standard InChI is InChI=1S/C24H20F3N7O3S/c25-24(26,27)16-3-6-22(29-12-16)31-19-7-8-34(13-21(19)35)38(36,37)17-4-1-14(2-5-17)15-9-18-20(10-28)32-33-23(18)30-11-15/h1-6,9,11-12,19,21,35H,7-8,13H2,(H,29,31)(H,30,32,33)/t19-,21+/m1/s1. The number of aliphatic hydroxyl groups is 1. The number of hydrogen-bond acceptors (Lipinski definition) is 8. The zero-order valence-electron chi connectivity index (χ0n) is 19.5. The van der Waals surface area contributed by atoms with Crippen molar-refractivity contribution in [1.29, 1.82) is 5.26 Å². The molecule has 38 heavy (non-hydrogen) atoms. The lowest BCUT2D eigenvalue weighted by molar-refractivity contribution is -0.137. The zero-order valence-corrected chi connectivity index (χ0v) is 20.3. The number of hydrogen-bond donors (Lipinski definition) is 3. The number of β-amino-alcohol motifs (C(OH)–C–C–N with tert-alkyl or cyclic N) is 1. The van der Waals surface area contributed by atoms with Crippen molar-refractivity contribution in [3.8, 4) is 17.2 Å². The highest BCUT2D eigenvalue weighted by Crippen LogP contribution is 2.30. The van der Waals surface area contributed by atoms with Gasteiger partial charge in [0.1, 0.15) is 11.9 Å². The molecule has 0 spiro atoms. The molecule has 3 N–H and O–H groups in total. The van der Waals surface area contributed by atoms with Crippen molar-refractivity contribution in [3.05, 3.63) is 66.1 Å². The van der Waals surface area contributed by atoms with Crippen LogP contribution in [0, 0.1) is 11.3 Å². The van der Waals surface area contributed by atoms with Crippen LogP contribution in [0.1, 0.15) is 17.7 Å². The van der Waals surface area contributed by atoms with E-state index in [2.05, 4.69) is 25.5 Å². The fourth-order valence-corrected chi connectivity index (χ4v) is 5.71. The average molecular weight is 544 g/mol. The Balaban J connectivity index is 1.27. The first kappa shape index (κ1) is 25.6. The van der Waals surface area contributed by atoms with E-state index in [4.69, 9.17) is 0 Å². The molecule has 1 fully saturated rings. The molecule has 2 atom stereocenters. The molecule has 1 aromatic carbocycles. The Bertz CT molecular complexity index is 1620. The number of pyridine rings is 2. The number of alkyl halides is 3. The van der Waals surface area contributed by atoms with Crippen molar-refractivity contribution in [3.63, 3.8) is 0 Å². The van der Waals surface area contributed by atoms with Gasteiger partial charge in [-0.05, 0) is 42.3 Å². The first-order chi connectivity index (χ1) is 18.1. The van der Waals surface area contributed by atoms with Gasteiger partial charge in [0.2, 0.25) is 10.0 Å². The molecule has 4 heterocycles. The van der Waals surface area contributed by atoms with E-state index in [1.807, 2.05) is 6.07 Å². The molecule has 0 saturated carbocycles. The van der Waals surface area contributed by atoms with Crippen LogP contribution in [0.2, 0.25) is 0 Å². The third kappa shape index (κ3) is 4.91. The van der Waals surface area contributed by atoms with Crippen LogP contribution in [0.5, 0.6) is 0 Å². The number of benzene rings is 1. The molecule has 0 bridgehead atoms. The Hall–Kier alpha value is -4.06. The van der Waals surface area contributed by atoms with Gasteiger partial charge in [-0.2, -0.15) is 27.8 Å². The van der Waals surface area contributed by atoms with Crippen LogP contribution in [0.15, 0.2) is 59.8 Å². The van der Waals surface area contributed by atoms with Crippen molar-refractivity contribution >= 4 is 26.9 Å². The number of sulfonamides is 1. The van der Waals surface area contributed by atoms with Crippen molar-refractivity contribution in [2.24, 2.45) is 0 Å². The van der Waals surface area contributed by atoms with Crippen LogP contribution in [0.3, 0.4) is 0 Å². The Kier molecular flexibility index (Phi) is 6.51. The molecule has 5 rings (SSSR count). The second-order valence-corrected chi connectivity index (χ2v) is 10.7. The summed E-state index contributed by atoms with van der Waals surface area (Å²) >= 11 is 0. The van der Waals surface area contributed by atoms with Crippen molar-refractivity contribution < 1.29 is 26.7 Å². The second-order valence-electron chi connectivity index (χ2n) is 8.73. The number of nitrogens with one attached hydrogen (secondary N) is 2. The molecular formula is C24H20F3N7O3S. The number of nitrogens with zero attached hydrogens (tertiary/aromatic N) is 5. The average Bonchev–Trinajstić information content (AvgIpc) is 3.32. The topological polar surface area (TPSA) is 148 Å². The van der Waals surface area contributed by atoms with Crippen LogP contribution >= 0.6 is 0 Å². The lowest BCUT2D eigenvalue weighted by Crippen LogP contribution is -2.51. The quantitative estimate of drug-likeness (QED) is 0.348. The maximum atomic E-state index is 13.2. The Morgan fingerprint density at radius 1 is 1.11 bits per heavy atom. The third-order valence-corrected chi connectivity index (χ3v) is 8.20.